The van der Waals surface area contributed by atoms with Gasteiger partial charge in [0.25, 0.3) is 0 Å². The van der Waals surface area contributed by atoms with Crippen LogP contribution in [0.15, 0.2) is 66.7 Å². The Hall–Kier alpha value is -3.45. The van der Waals surface area contributed by atoms with E-state index in [1.54, 1.807) is 12.1 Å². The van der Waals surface area contributed by atoms with Crippen LogP contribution in [0.2, 0.25) is 0 Å². The number of hydrogen-bond donors (Lipinski definition) is 3. The van der Waals surface area contributed by atoms with Crippen LogP contribution in [0.3, 0.4) is 0 Å². The molecule has 1 aliphatic heterocycles. The molecule has 1 aliphatic rings. The van der Waals surface area contributed by atoms with Gasteiger partial charge in [-0.05, 0) is 84.4 Å². The van der Waals surface area contributed by atoms with Crippen LogP contribution in [0, 0.1) is 5.82 Å². The predicted molar refractivity (Wildman–Crippen MR) is 121 cm³/mol. The van der Waals surface area contributed by atoms with Crippen LogP contribution in [0.4, 0.5) is 21.5 Å². The lowest BCUT2D eigenvalue weighted by Gasteiger charge is -2.20. The predicted octanol–water partition coefficient (Wildman–Crippen LogP) is 4.90. The molecular formula is C23H20FN3O2S. The molecule has 152 valence electrons. The first-order valence-electron chi connectivity index (χ1n) is 9.51. The number of nitrogens with one attached hydrogen (secondary N) is 2. The molecule has 0 radical (unpaired) electrons. The van der Waals surface area contributed by atoms with Crippen molar-refractivity contribution in [2.45, 2.75) is 13.0 Å². The second-order valence-corrected chi connectivity index (χ2v) is 7.51. The Balaban J connectivity index is 1.38. The van der Waals surface area contributed by atoms with E-state index in [2.05, 4.69) is 27.7 Å². The van der Waals surface area contributed by atoms with Crippen molar-refractivity contribution < 1.29 is 14.3 Å². The molecule has 0 fully saturated rings. The van der Waals surface area contributed by atoms with Gasteiger partial charge >= 0.3 is 5.97 Å². The van der Waals surface area contributed by atoms with Crippen LogP contribution < -0.4 is 15.5 Å². The van der Waals surface area contributed by atoms with Crippen LogP contribution in [0.5, 0.6) is 0 Å². The third-order valence-corrected chi connectivity index (χ3v) is 5.21. The fourth-order valence-corrected chi connectivity index (χ4v) is 3.75. The van der Waals surface area contributed by atoms with Crippen molar-refractivity contribution in [3.8, 4) is 0 Å². The SMILES string of the molecule is O=C(O)c1ccc(NC(=S)Nc2ccc3c(c2)CCN3Cc2ccc(F)cc2)cc1. The lowest BCUT2D eigenvalue weighted by atomic mass is 10.1. The second-order valence-electron chi connectivity index (χ2n) is 7.10. The normalized spacial score (nSPS) is 12.4. The molecule has 5 nitrogen and oxygen atoms in total. The third-order valence-electron chi connectivity index (χ3n) is 5.01. The number of rotatable bonds is 5. The smallest absolute Gasteiger partial charge is 0.335 e. The van der Waals surface area contributed by atoms with E-state index in [9.17, 15) is 9.18 Å². The number of nitrogens with zero attached hydrogens (tertiary/aromatic N) is 1. The summed E-state index contributed by atoms with van der Waals surface area (Å²) in [5.74, 6) is -1.19. The van der Waals surface area contributed by atoms with Gasteiger partial charge in [-0.3, -0.25) is 0 Å². The minimum absolute atomic E-state index is 0.223. The highest BCUT2D eigenvalue weighted by molar-refractivity contribution is 7.80. The van der Waals surface area contributed by atoms with E-state index in [1.807, 2.05) is 18.2 Å². The summed E-state index contributed by atoms with van der Waals surface area (Å²) in [6.07, 6.45) is 0.933. The van der Waals surface area contributed by atoms with Crippen LogP contribution >= 0.6 is 12.2 Å². The number of carboxylic acid groups (broad SMARTS) is 1. The largest absolute Gasteiger partial charge is 0.478 e. The fraction of sp³-hybridized carbons (Fsp3) is 0.130. The minimum atomic E-state index is -0.964. The molecule has 0 saturated carbocycles. The maximum atomic E-state index is 13.1. The van der Waals surface area contributed by atoms with Gasteiger partial charge in [-0.1, -0.05) is 12.1 Å². The number of halogens is 1. The van der Waals surface area contributed by atoms with Crippen LogP contribution in [0.1, 0.15) is 21.5 Å². The molecule has 7 heteroatoms. The first-order chi connectivity index (χ1) is 14.5. The van der Waals surface area contributed by atoms with Crippen molar-refractivity contribution in [1.29, 1.82) is 0 Å². The van der Waals surface area contributed by atoms with Crippen molar-refractivity contribution in [2.75, 3.05) is 22.1 Å². The maximum Gasteiger partial charge on any atom is 0.335 e. The molecule has 3 N–H and O–H groups in total. The van der Waals surface area contributed by atoms with Crippen molar-refractivity contribution in [3.63, 3.8) is 0 Å². The van der Waals surface area contributed by atoms with E-state index in [0.29, 0.717) is 10.8 Å². The molecule has 1 heterocycles. The standard InChI is InChI=1S/C23H20FN3O2S/c24-18-5-1-15(2-6-18)14-27-12-11-17-13-20(9-10-21(17)27)26-23(30)25-19-7-3-16(4-8-19)22(28)29/h1-10,13H,11-12,14H2,(H,28,29)(H2,25,26,30). The minimum Gasteiger partial charge on any atom is -0.478 e. The average molecular weight is 421 g/mol. The number of thiocarbonyl (C=S) groups is 1. The summed E-state index contributed by atoms with van der Waals surface area (Å²) in [4.78, 5) is 13.2. The van der Waals surface area contributed by atoms with Crippen molar-refractivity contribution >= 4 is 40.4 Å². The third kappa shape index (κ3) is 4.58. The summed E-state index contributed by atoms with van der Waals surface area (Å²) in [7, 11) is 0. The van der Waals surface area contributed by atoms with Gasteiger partial charge < -0.3 is 20.6 Å². The van der Waals surface area contributed by atoms with Crippen LogP contribution in [0.25, 0.3) is 0 Å². The van der Waals surface area contributed by atoms with Crippen molar-refractivity contribution in [2.24, 2.45) is 0 Å². The Morgan fingerprint density at radius 2 is 1.67 bits per heavy atom. The lowest BCUT2D eigenvalue weighted by Crippen LogP contribution is -2.20. The van der Waals surface area contributed by atoms with Gasteiger partial charge in [0, 0.05) is 30.2 Å². The number of anilines is 3. The molecule has 3 aromatic rings. The molecule has 0 bridgehead atoms. The highest BCUT2D eigenvalue weighted by Crippen LogP contribution is 2.31. The highest BCUT2D eigenvalue weighted by atomic mass is 32.1. The Labute approximate surface area is 179 Å². The van der Waals surface area contributed by atoms with E-state index in [4.69, 9.17) is 17.3 Å². The fourth-order valence-electron chi connectivity index (χ4n) is 3.51. The van der Waals surface area contributed by atoms with Gasteiger partial charge in [-0.25, -0.2) is 9.18 Å². The summed E-state index contributed by atoms with van der Waals surface area (Å²) in [5.41, 5.74) is 5.30. The number of aromatic carboxylic acids is 1. The number of benzene rings is 3. The first kappa shape index (κ1) is 19.8. The molecule has 0 saturated heterocycles. The molecule has 30 heavy (non-hydrogen) atoms. The van der Waals surface area contributed by atoms with Crippen molar-refractivity contribution in [3.05, 3.63) is 89.2 Å². The maximum absolute atomic E-state index is 13.1. The Kier molecular flexibility index (Phi) is 5.63. The number of carboxylic acids is 1. The molecule has 0 unspecified atom stereocenters. The quantitative estimate of drug-likeness (QED) is 0.510. The summed E-state index contributed by atoms with van der Waals surface area (Å²) in [6, 6.07) is 19.1. The highest BCUT2D eigenvalue weighted by Gasteiger charge is 2.19. The zero-order chi connectivity index (χ0) is 21.1. The summed E-state index contributed by atoms with van der Waals surface area (Å²) >= 11 is 5.37. The van der Waals surface area contributed by atoms with Crippen molar-refractivity contribution in [1.82, 2.24) is 0 Å². The number of carbonyl (C=O) groups is 1. The Morgan fingerprint density at radius 3 is 2.37 bits per heavy atom. The monoisotopic (exact) mass is 421 g/mol. The molecule has 0 atom stereocenters. The zero-order valence-electron chi connectivity index (χ0n) is 16.1. The van der Waals surface area contributed by atoms with Crippen LogP contribution in [-0.2, 0) is 13.0 Å². The van der Waals surface area contributed by atoms with Gasteiger partial charge in [-0.2, -0.15) is 0 Å². The van der Waals surface area contributed by atoms with E-state index in [0.717, 1.165) is 30.8 Å². The van der Waals surface area contributed by atoms with E-state index >= 15 is 0 Å². The average Bonchev–Trinajstić information content (AvgIpc) is 3.12. The van der Waals surface area contributed by atoms with E-state index in [1.165, 1.54) is 35.5 Å². The van der Waals surface area contributed by atoms with E-state index in [-0.39, 0.29) is 11.4 Å². The second kappa shape index (κ2) is 8.51. The summed E-state index contributed by atoms with van der Waals surface area (Å²) in [5, 5.41) is 15.6. The van der Waals surface area contributed by atoms with Gasteiger partial charge in [0.2, 0.25) is 0 Å². The molecule has 0 amide bonds. The van der Waals surface area contributed by atoms with Crippen LogP contribution in [-0.4, -0.2) is 22.7 Å². The summed E-state index contributed by atoms with van der Waals surface area (Å²) < 4.78 is 13.1. The molecule has 4 rings (SSSR count). The Bertz CT molecular complexity index is 1080. The molecule has 0 aromatic heterocycles. The number of fused-ring (bicyclic) bond motifs is 1. The molecule has 0 aliphatic carbocycles. The van der Waals surface area contributed by atoms with Gasteiger partial charge in [-0.15, -0.1) is 0 Å². The van der Waals surface area contributed by atoms with Gasteiger partial charge in [0.1, 0.15) is 5.82 Å². The summed E-state index contributed by atoms with van der Waals surface area (Å²) in [6.45, 7) is 1.65. The lowest BCUT2D eigenvalue weighted by molar-refractivity contribution is 0.0697. The first-order valence-corrected chi connectivity index (χ1v) is 9.92. The Morgan fingerprint density at radius 1 is 1.00 bits per heavy atom. The van der Waals surface area contributed by atoms with Gasteiger partial charge in [0.05, 0.1) is 5.56 Å². The van der Waals surface area contributed by atoms with Gasteiger partial charge in [0.15, 0.2) is 5.11 Å². The molecule has 3 aromatic carbocycles. The zero-order valence-corrected chi connectivity index (χ0v) is 16.9. The van der Waals surface area contributed by atoms with E-state index < -0.39 is 5.97 Å². The topological polar surface area (TPSA) is 64.6 Å². The molecule has 0 spiro atoms. The molecular weight excluding hydrogens is 401 g/mol. The number of hydrogen-bond acceptors (Lipinski definition) is 3.